The van der Waals surface area contributed by atoms with E-state index in [0.29, 0.717) is 19.1 Å². The van der Waals surface area contributed by atoms with Gasteiger partial charge in [0.05, 0.1) is 6.61 Å². The molecule has 116 valence electrons. The van der Waals surface area contributed by atoms with Crippen molar-refractivity contribution in [2.24, 2.45) is 0 Å². The van der Waals surface area contributed by atoms with E-state index in [2.05, 4.69) is 40.5 Å². The van der Waals surface area contributed by atoms with Crippen molar-refractivity contribution < 1.29 is 9.53 Å². The van der Waals surface area contributed by atoms with Crippen LogP contribution in [0.3, 0.4) is 0 Å². The molecule has 0 aromatic heterocycles. The Kier molecular flexibility index (Phi) is 6.70. The molecule has 1 aromatic carbocycles. The van der Waals surface area contributed by atoms with Crippen LogP contribution in [-0.4, -0.2) is 50.2 Å². The van der Waals surface area contributed by atoms with Crippen LogP contribution < -0.4 is 5.32 Å². The van der Waals surface area contributed by atoms with E-state index in [1.807, 2.05) is 0 Å². The summed E-state index contributed by atoms with van der Waals surface area (Å²) >= 11 is 0. The molecule has 1 fully saturated rings. The Morgan fingerprint density at radius 1 is 1.38 bits per heavy atom. The zero-order chi connectivity index (χ0) is 14.9. The minimum absolute atomic E-state index is 0.103. The van der Waals surface area contributed by atoms with Crippen LogP contribution in [0.1, 0.15) is 24.8 Å². The summed E-state index contributed by atoms with van der Waals surface area (Å²) in [5, 5.41) is 3.12. The Bertz CT molecular complexity index is 422. The van der Waals surface area contributed by atoms with Gasteiger partial charge < -0.3 is 15.0 Å². The lowest BCUT2D eigenvalue weighted by atomic mass is 10.0. The van der Waals surface area contributed by atoms with Crippen molar-refractivity contribution >= 4 is 5.91 Å². The molecule has 1 aliphatic heterocycles. The average Bonchev–Trinajstić information content (AvgIpc) is 2.52. The molecule has 2 rings (SSSR count). The van der Waals surface area contributed by atoms with Gasteiger partial charge in [-0.3, -0.25) is 4.79 Å². The second kappa shape index (κ2) is 8.80. The Labute approximate surface area is 127 Å². The van der Waals surface area contributed by atoms with E-state index < -0.39 is 0 Å². The number of hydrogen-bond donors (Lipinski definition) is 1. The summed E-state index contributed by atoms with van der Waals surface area (Å²) in [7, 11) is 1.62. The number of benzene rings is 1. The van der Waals surface area contributed by atoms with Crippen molar-refractivity contribution in [1.82, 2.24) is 10.2 Å². The smallest absolute Gasteiger partial charge is 0.222 e. The van der Waals surface area contributed by atoms with Crippen molar-refractivity contribution in [3.63, 3.8) is 0 Å². The third kappa shape index (κ3) is 5.86. The SMILES string of the molecule is COCCC(=O)N[C@H]1CCCN(CCc2ccccc2)C1. The predicted octanol–water partition coefficient (Wildman–Crippen LogP) is 1.85. The molecule has 0 spiro atoms. The summed E-state index contributed by atoms with van der Waals surface area (Å²) < 4.78 is 4.94. The van der Waals surface area contributed by atoms with Crippen LogP contribution in [-0.2, 0) is 16.0 Å². The summed E-state index contributed by atoms with van der Waals surface area (Å²) in [5.41, 5.74) is 1.38. The number of piperidine rings is 1. The summed E-state index contributed by atoms with van der Waals surface area (Å²) in [6.45, 7) is 3.66. The quantitative estimate of drug-likeness (QED) is 0.833. The molecule has 1 aromatic rings. The van der Waals surface area contributed by atoms with E-state index in [-0.39, 0.29) is 5.91 Å². The zero-order valence-corrected chi connectivity index (χ0v) is 12.9. The fraction of sp³-hybridized carbons (Fsp3) is 0.588. The van der Waals surface area contributed by atoms with E-state index in [9.17, 15) is 4.79 Å². The number of ether oxygens (including phenoxy) is 1. The fourth-order valence-electron chi connectivity index (χ4n) is 2.80. The van der Waals surface area contributed by atoms with Gasteiger partial charge in [-0.15, -0.1) is 0 Å². The van der Waals surface area contributed by atoms with Crippen molar-refractivity contribution in [3.8, 4) is 0 Å². The molecule has 1 heterocycles. The standard InChI is InChI=1S/C17H26N2O2/c1-21-13-10-17(20)18-16-8-5-11-19(14-16)12-9-15-6-3-2-4-7-15/h2-4,6-7,16H,5,8-14H2,1H3,(H,18,20)/t16-/m0/s1. The number of rotatable bonds is 7. The van der Waals surface area contributed by atoms with Gasteiger partial charge in [0, 0.05) is 32.7 Å². The van der Waals surface area contributed by atoms with Gasteiger partial charge in [-0.05, 0) is 31.4 Å². The van der Waals surface area contributed by atoms with E-state index in [0.717, 1.165) is 38.9 Å². The maximum Gasteiger partial charge on any atom is 0.222 e. The Hall–Kier alpha value is -1.39. The molecule has 0 bridgehead atoms. The number of carbonyl (C=O) groups is 1. The van der Waals surface area contributed by atoms with Crippen molar-refractivity contribution in [2.75, 3.05) is 33.4 Å². The fourth-order valence-corrected chi connectivity index (χ4v) is 2.80. The van der Waals surface area contributed by atoms with Gasteiger partial charge in [0.25, 0.3) is 0 Å². The topological polar surface area (TPSA) is 41.6 Å². The highest BCUT2D eigenvalue weighted by atomic mass is 16.5. The molecule has 21 heavy (non-hydrogen) atoms. The highest BCUT2D eigenvalue weighted by molar-refractivity contribution is 5.76. The Morgan fingerprint density at radius 3 is 2.95 bits per heavy atom. The van der Waals surface area contributed by atoms with Gasteiger partial charge in [-0.2, -0.15) is 0 Å². The summed E-state index contributed by atoms with van der Waals surface area (Å²) in [6, 6.07) is 10.9. The van der Waals surface area contributed by atoms with Crippen LogP contribution in [0.5, 0.6) is 0 Å². The molecule has 1 aliphatic rings. The minimum Gasteiger partial charge on any atom is -0.384 e. The van der Waals surface area contributed by atoms with Gasteiger partial charge in [0.2, 0.25) is 5.91 Å². The molecule has 4 heteroatoms. The van der Waals surface area contributed by atoms with Crippen LogP contribution in [0.25, 0.3) is 0 Å². The molecule has 0 aliphatic carbocycles. The molecule has 1 N–H and O–H groups in total. The van der Waals surface area contributed by atoms with Crippen molar-refractivity contribution in [1.29, 1.82) is 0 Å². The predicted molar refractivity (Wildman–Crippen MR) is 84.2 cm³/mol. The van der Waals surface area contributed by atoms with E-state index in [1.165, 1.54) is 5.56 Å². The van der Waals surface area contributed by atoms with Gasteiger partial charge >= 0.3 is 0 Å². The maximum absolute atomic E-state index is 11.7. The van der Waals surface area contributed by atoms with E-state index in [4.69, 9.17) is 4.74 Å². The number of carbonyl (C=O) groups excluding carboxylic acids is 1. The van der Waals surface area contributed by atoms with Gasteiger partial charge in [0.1, 0.15) is 0 Å². The molecular weight excluding hydrogens is 264 g/mol. The van der Waals surface area contributed by atoms with E-state index in [1.54, 1.807) is 7.11 Å². The first kappa shape index (κ1) is 16.0. The van der Waals surface area contributed by atoms with Crippen LogP contribution in [0.15, 0.2) is 30.3 Å². The summed E-state index contributed by atoms with van der Waals surface area (Å²) in [5.74, 6) is 0.103. The third-order valence-corrected chi connectivity index (χ3v) is 3.96. The first-order valence-electron chi connectivity index (χ1n) is 7.82. The van der Waals surface area contributed by atoms with Crippen LogP contribution in [0, 0.1) is 0 Å². The normalized spacial score (nSPS) is 19.4. The number of methoxy groups -OCH3 is 1. The largest absolute Gasteiger partial charge is 0.384 e. The Morgan fingerprint density at radius 2 is 2.19 bits per heavy atom. The molecular formula is C17H26N2O2. The average molecular weight is 290 g/mol. The molecule has 1 atom stereocenters. The first-order valence-corrected chi connectivity index (χ1v) is 7.82. The lowest BCUT2D eigenvalue weighted by Gasteiger charge is -2.33. The van der Waals surface area contributed by atoms with E-state index >= 15 is 0 Å². The van der Waals surface area contributed by atoms with Crippen LogP contribution in [0.4, 0.5) is 0 Å². The number of nitrogens with one attached hydrogen (secondary N) is 1. The monoisotopic (exact) mass is 290 g/mol. The number of likely N-dealkylation sites (tertiary alicyclic amines) is 1. The highest BCUT2D eigenvalue weighted by Gasteiger charge is 2.20. The second-order valence-corrected chi connectivity index (χ2v) is 5.69. The lowest BCUT2D eigenvalue weighted by molar-refractivity contribution is -0.123. The molecule has 0 radical (unpaired) electrons. The van der Waals surface area contributed by atoms with Gasteiger partial charge in [-0.1, -0.05) is 30.3 Å². The number of hydrogen-bond acceptors (Lipinski definition) is 3. The van der Waals surface area contributed by atoms with Crippen molar-refractivity contribution in [2.45, 2.75) is 31.7 Å². The molecule has 1 saturated heterocycles. The molecule has 0 unspecified atom stereocenters. The molecule has 0 saturated carbocycles. The molecule has 1 amide bonds. The minimum atomic E-state index is 0.103. The second-order valence-electron chi connectivity index (χ2n) is 5.69. The highest BCUT2D eigenvalue weighted by Crippen LogP contribution is 2.11. The van der Waals surface area contributed by atoms with Crippen molar-refractivity contribution in [3.05, 3.63) is 35.9 Å². The molecule has 4 nitrogen and oxygen atoms in total. The number of nitrogens with zero attached hydrogens (tertiary/aromatic N) is 1. The number of amides is 1. The Balaban J connectivity index is 1.71. The summed E-state index contributed by atoms with van der Waals surface area (Å²) in [4.78, 5) is 14.2. The maximum atomic E-state index is 11.7. The zero-order valence-electron chi connectivity index (χ0n) is 12.9. The van der Waals surface area contributed by atoms with Crippen LogP contribution >= 0.6 is 0 Å². The lowest BCUT2D eigenvalue weighted by Crippen LogP contribution is -2.48. The van der Waals surface area contributed by atoms with Gasteiger partial charge in [-0.25, -0.2) is 0 Å². The first-order chi connectivity index (χ1) is 10.3. The van der Waals surface area contributed by atoms with Crippen LogP contribution in [0.2, 0.25) is 0 Å². The van der Waals surface area contributed by atoms with Gasteiger partial charge in [0.15, 0.2) is 0 Å². The summed E-state index contributed by atoms with van der Waals surface area (Å²) in [6.07, 6.45) is 3.77. The third-order valence-electron chi connectivity index (χ3n) is 3.96.